The van der Waals surface area contributed by atoms with Crippen molar-refractivity contribution < 1.29 is 14.7 Å². The fourth-order valence-electron chi connectivity index (χ4n) is 2.51. The van der Waals surface area contributed by atoms with Gasteiger partial charge in [-0.1, -0.05) is 77.6 Å². The lowest BCUT2D eigenvalue weighted by atomic mass is 10.0. The van der Waals surface area contributed by atoms with Gasteiger partial charge in [0.25, 0.3) is 0 Å². The van der Waals surface area contributed by atoms with Crippen molar-refractivity contribution in [1.82, 2.24) is 5.32 Å². The average molecular weight is 313 g/mol. The Kier molecular flexibility index (Phi) is 15.8. The van der Waals surface area contributed by atoms with Gasteiger partial charge in [0, 0.05) is 6.42 Å². The zero-order chi connectivity index (χ0) is 16.5. The molecule has 0 bridgehead atoms. The number of hydrogen-bond donors (Lipinski definition) is 2. The molecule has 4 heteroatoms. The van der Waals surface area contributed by atoms with Crippen LogP contribution in [0.1, 0.15) is 96.8 Å². The molecule has 0 aromatic rings. The van der Waals surface area contributed by atoms with Gasteiger partial charge in [0.05, 0.1) is 13.0 Å². The number of carbonyl (C=O) groups is 2. The van der Waals surface area contributed by atoms with E-state index in [4.69, 9.17) is 5.11 Å². The number of amides is 2. The van der Waals surface area contributed by atoms with Crippen LogP contribution in [-0.2, 0) is 9.59 Å². The van der Waals surface area contributed by atoms with Gasteiger partial charge in [0.1, 0.15) is 0 Å². The minimum Gasteiger partial charge on any atom is -0.396 e. The molecule has 0 aliphatic heterocycles. The van der Waals surface area contributed by atoms with E-state index in [0.717, 1.165) is 12.8 Å². The summed E-state index contributed by atoms with van der Waals surface area (Å²) in [6.07, 6.45) is 15.6. The second-order valence-corrected chi connectivity index (χ2v) is 6.08. The van der Waals surface area contributed by atoms with Gasteiger partial charge in [0.15, 0.2) is 0 Å². The first-order valence-corrected chi connectivity index (χ1v) is 9.14. The molecule has 0 unspecified atom stereocenters. The molecule has 0 aromatic heterocycles. The van der Waals surface area contributed by atoms with Gasteiger partial charge in [-0.15, -0.1) is 0 Å². The van der Waals surface area contributed by atoms with E-state index < -0.39 is 0 Å². The largest absolute Gasteiger partial charge is 0.396 e. The molecule has 2 amide bonds. The maximum absolute atomic E-state index is 11.4. The van der Waals surface area contributed by atoms with E-state index in [1.807, 2.05) is 0 Å². The molecule has 0 aliphatic carbocycles. The summed E-state index contributed by atoms with van der Waals surface area (Å²) in [6, 6.07) is 0. The summed E-state index contributed by atoms with van der Waals surface area (Å²) < 4.78 is 0. The molecule has 0 aromatic carbocycles. The Hall–Kier alpha value is -0.900. The quantitative estimate of drug-likeness (QED) is 0.447. The van der Waals surface area contributed by atoms with E-state index in [0.29, 0.717) is 6.42 Å². The van der Waals surface area contributed by atoms with Gasteiger partial charge in [-0.2, -0.15) is 0 Å². The maximum atomic E-state index is 11.4. The van der Waals surface area contributed by atoms with Crippen LogP contribution in [0.15, 0.2) is 0 Å². The minimum absolute atomic E-state index is 0.00415. The van der Waals surface area contributed by atoms with Crippen LogP contribution in [-0.4, -0.2) is 23.5 Å². The highest BCUT2D eigenvalue weighted by Gasteiger charge is 2.06. The van der Waals surface area contributed by atoms with Gasteiger partial charge in [-0.25, -0.2) is 0 Å². The molecule has 0 aliphatic rings. The van der Waals surface area contributed by atoms with Crippen LogP contribution >= 0.6 is 0 Å². The molecule has 4 nitrogen and oxygen atoms in total. The van der Waals surface area contributed by atoms with Crippen LogP contribution in [0.4, 0.5) is 0 Å². The molecule has 0 rings (SSSR count). The normalized spacial score (nSPS) is 10.6. The molecule has 0 radical (unpaired) electrons. The Labute approximate surface area is 136 Å². The number of unbranched alkanes of at least 4 members (excludes halogenated alkanes) is 11. The Bertz CT molecular complexity index is 280. The maximum Gasteiger partial charge on any atom is 0.228 e. The minimum atomic E-state index is -0.383. The fourth-order valence-corrected chi connectivity index (χ4v) is 2.51. The second kappa shape index (κ2) is 16.5. The summed E-state index contributed by atoms with van der Waals surface area (Å²) in [7, 11) is 0. The number of hydrogen-bond acceptors (Lipinski definition) is 3. The van der Waals surface area contributed by atoms with Gasteiger partial charge < -0.3 is 5.11 Å². The van der Waals surface area contributed by atoms with Crippen LogP contribution in [0.3, 0.4) is 0 Å². The van der Waals surface area contributed by atoms with Crippen molar-refractivity contribution in [2.75, 3.05) is 6.61 Å². The topological polar surface area (TPSA) is 66.4 Å². The van der Waals surface area contributed by atoms with E-state index in [1.165, 1.54) is 64.2 Å². The molecule has 2 N–H and O–H groups in total. The first-order valence-electron chi connectivity index (χ1n) is 9.14. The highest BCUT2D eigenvalue weighted by atomic mass is 16.3. The summed E-state index contributed by atoms with van der Waals surface area (Å²) in [6.45, 7) is 2.04. The molecule has 130 valence electrons. The zero-order valence-corrected chi connectivity index (χ0v) is 14.4. The molecule has 0 fully saturated rings. The van der Waals surface area contributed by atoms with Gasteiger partial charge in [-0.3, -0.25) is 14.9 Å². The zero-order valence-electron chi connectivity index (χ0n) is 14.4. The average Bonchev–Trinajstić information content (AvgIpc) is 2.48. The van der Waals surface area contributed by atoms with E-state index >= 15 is 0 Å². The van der Waals surface area contributed by atoms with Crippen molar-refractivity contribution in [3.05, 3.63) is 0 Å². The monoisotopic (exact) mass is 313 g/mol. The lowest BCUT2D eigenvalue weighted by Gasteiger charge is -2.04. The van der Waals surface area contributed by atoms with Crippen LogP contribution in [0.25, 0.3) is 0 Å². The number of imide groups is 1. The molecule has 22 heavy (non-hydrogen) atoms. The predicted molar refractivity (Wildman–Crippen MR) is 90.5 cm³/mol. The van der Waals surface area contributed by atoms with Crippen molar-refractivity contribution in [3.8, 4) is 0 Å². The van der Waals surface area contributed by atoms with Crippen LogP contribution in [0.5, 0.6) is 0 Å². The van der Waals surface area contributed by atoms with Crippen molar-refractivity contribution in [1.29, 1.82) is 0 Å². The van der Waals surface area contributed by atoms with Crippen molar-refractivity contribution in [2.24, 2.45) is 0 Å². The summed E-state index contributed by atoms with van der Waals surface area (Å²) >= 11 is 0. The number of nitrogens with one attached hydrogen (secondary N) is 1. The Morgan fingerprint density at radius 3 is 1.55 bits per heavy atom. The van der Waals surface area contributed by atoms with E-state index in [9.17, 15) is 9.59 Å². The number of carbonyl (C=O) groups excluding carboxylic acids is 2. The number of aliphatic hydroxyl groups is 1. The van der Waals surface area contributed by atoms with Gasteiger partial charge >= 0.3 is 0 Å². The smallest absolute Gasteiger partial charge is 0.228 e. The second-order valence-electron chi connectivity index (χ2n) is 6.08. The lowest BCUT2D eigenvalue weighted by molar-refractivity contribution is -0.130. The SMILES string of the molecule is CCCCCCCCCCCCCCC(=O)NC(=O)CCO. The molecular weight excluding hydrogens is 278 g/mol. The molecule has 0 heterocycles. The summed E-state index contributed by atoms with van der Waals surface area (Å²) in [5.41, 5.74) is 0. The van der Waals surface area contributed by atoms with E-state index in [1.54, 1.807) is 0 Å². The summed E-state index contributed by atoms with van der Waals surface area (Å²) in [4.78, 5) is 22.5. The summed E-state index contributed by atoms with van der Waals surface area (Å²) in [5.74, 6) is -0.600. The Balaban J connectivity index is 3.20. The van der Waals surface area contributed by atoms with Gasteiger partial charge in [-0.05, 0) is 6.42 Å². The summed E-state index contributed by atoms with van der Waals surface area (Å²) in [5, 5.41) is 10.8. The fraction of sp³-hybridized carbons (Fsp3) is 0.889. The van der Waals surface area contributed by atoms with Crippen LogP contribution < -0.4 is 5.32 Å². The standard InChI is InChI=1S/C18H35NO3/c1-2-3-4-5-6-7-8-9-10-11-12-13-14-17(21)19-18(22)15-16-20/h20H,2-16H2,1H3,(H,19,21,22). The van der Waals surface area contributed by atoms with E-state index in [2.05, 4.69) is 12.2 Å². The molecule has 0 saturated heterocycles. The van der Waals surface area contributed by atoms with Gasteiger partial charge in [0.2, 0.25) is 11.8 Å². The Morgan fingerprint density at radius 1 is 0.682 bits per heavy atom. The van der Waals surface area contributed by atoms with Crippen molar-refractivity contribution >= 4 is 11.8 Å². The molecule has 0 spiro atoms. The highest BCUT2D eigenvalue weighted by molar-refractivity contribution is 5.95. The first kappa shape index (κ1) is 21.1. The molecule has 0 saturated carbocycles. The van der Waals surface area contributed by atoms with E-state index in [-0.39, 0.29) is 24.8 Å². The van der Waals surface area contributed by atoms with Crippen molar-refractivity contribution in [3.63, 3.8) is 0 Å². The third-order valence-electron chi connectivity index (χ3n) is 3.88. The number of aliphatic hydroxyl groups excluding tert-OH is 1. The number of rotatable bonds is 15. The Morgan fingerprint density at radius 2 is 1.09 bits per heavy atom. The lowest BCUT2D eigenvalue weighted by Crippen LogP contribution is -2.30. The predicted octanol–water partition coefficient (Wildman–Crippen LogP) is 4.10. The van der Waals surface area contributed by atoms with Crippen molar-refractivity contribution in [2.45, 2.75) is 96.8 Å². The van der Waals surface area contributed by atoms with Crippen LogP contribution in [0.2, 0.25) is 0 Å². The third-order valence-corrected chi connectivity index (χ3v) is 3.88. The molecule has 0 atom stereocenters. The highest BCUT2D eigenvalue weighted by Crippen LogP contribution is 2.12. The third kappa shape index (κ3) is 15.5. The first-order chi connectivity index (χ1) is 10.7. The van der Waals surface area contributed by atoms with Crippen LogP contribution in [0, 0.1) is 0 Å². The molecular formula is C18H35NO3.